The van der Waals surface area contributed by atoms with E-state index < -0.39 is 14.7 Å². The maximum Gasteiger partial charge on any atom is 0.216 e. The van der Waals surface area contributed by atoms with Gasteiger partial charge < -0.3 is 4.74 Å². The van der Waals surface area contributed by atoms with E-state index in [0.29, 0.717) is 37.0 Å². The van der Waals surface area contributed by atoms with Gasteiger partial charge in [0.25, 0.3) is 0 Å². The van der Waals surface area contributed by atoms with E-state index in [1.54, 1.807) is 42.5 Å². The standard InChI is InChI=1S/C22H13Cl4NO3S/c23-15-4-6-17(7-5-15)31(28,29)18(12-27)11-14-2-1-3-16(10-14)30-13-19-20(24)8-9-21(25)22(19)26/h1-11H,13H2. The summed E-state index contributed by atoms with van der Waals surface area (Å²) in [4.78, 5) is -0.435. The molecule has 0 heterocycles. The topological polar surface area (TPSA) is 67.2 Å². The van der Waals surface area contributed by atoms with Gasteiger partial charge in [0.1, 0.15) is 23.3 Å². The Hall–Kier alpha value is -2.20. The highest BCUT2D eigenvalue weighted by Gasteiger charge is 2.21. The van der Waals surface area contributed by atoms with E-state index in [-0.39, 0.29) is 11.5 Å². The first-order valence-corrected chi connectivity index (χ1v) is 11.7. The van der Waals surface area contributed by atoms with Crippen LogP contribution in [0.1, 0.15) is 11.1 Å². The molecule has 0 bridgehead atoms. The average Bonchev–Trinajstić information content (AvgIpc) is 2.75. The maximum absolute atomic E-state index is 12.8. The third kappa shape index (κ3) is 5.54. The van der Waals surface area contributed by atoms with Crippen molar-refractivity contribution >= 4 is 62.3 Å². The largest absolute Gasteiger partial charge is 0.489 e. The lowest BCUT2D eigenvalue weighted by molar-refractivity contribution is 0.306. The van der Waals surface area contributed by atoms with Crippen molar-refractivity contribution in [1.29, 1.82) is 5.26 Å². The first-order valence-electron chi connectivity index (χ1n) is 8.70. The number of benzene rings is 3. The van der Waals surface area contributed by atoms with E-state index in [1.165, 1.54) is 30.3 Å². The van der Waals surface area contributed by atoms with Gasteiger partial charge in [0.05, 0.1) is 14.9 Å². The van der Waals surface area contributed by atoms with Crippen LogP contribution in [0, 0.1) is 11.3 Å². The van der Waals surface area contributed by atoms with Gasteiger partial charge in [0.15, 0.2) is 0 Å². The molecule has 0 atom stereocenters. The van der Waals surface area contributed by atoms with Crippen LogP contribution in [-0.2, 0) is 16.4 Å². The van der Waals surface area contributed by atoms with Crippen LogP contribution in [0.3, 0.4) is 0 Å². The lowest BCUT2D eigenvalue weighted by Crippen LogP contribution is -2.03. The quantitative estimate of drug-likeness (QED) is 0.258. The zero-order valence-electron chi connectivity index (χ0n) is 15.7. The van der Waals surface area contributed by atoms with Crippen LogP contribution in [0.4, 0.5) is 0 Å². The highest BCUT2D eigenvalue weighted by molar-refractivity contribution is 7.95. The number of ether oxygens (including phenoxy) is 1. The van der Waals surface area contributed by atoms with Gasteiger partial charge in [-0.1, -0.05) is 58.5 Å². The van der Waals surface area contributed by atoms with Crippen molar-refractivity contribution < 1.29 is 13.2 Å². The molecule has 0 aliphatic heterocycles. The van der Waals surface area contributed by atoms with Gasteiger partial charge in [-0.25, -0.2) is 8.42 Å². The van der Waals surface area contributed by atoms with Crippen LogP contribution in [0.25, 0.3) is 6.08 Å². The van der Waals surface area contributed by atoms with Gasteiger partial charge in [0.2, 0.25) is 9.84 Å². The molecule has 0 fully saturated rings. The number of sulfone groups is 1. The Bertz CT molecular complexity index is 1300. The molecule has 3 rings (SSSR count). The number of rotatable bonds is 6. The van der Waals surface area contributed by atoms with Gasteiger partial charge in [0, 0.05) is 15.6 Å². The Morgan fingerprint density at radius 2 is 1.65 bits per heavy atom. The highest BCUT2D eigenvalue weighted by atomic mass is 35.5. The second-order valence-electron chi connectivity index (χ2n) is 6.26. The lowest BCUT2D eigenvalue weighted by atomic mass is 10.2. The Morgan fingerprint density at radius 1 is 0.968 bits per heavy atom. The summed E-state index contributed by atoms with van der Waals surface area (Å²) in [5.41, 5.74) is 0.995. The summed E-state index contributed by atoms with van der Waals surface area (Å²) in [6.45, 7) is 0.0551. The summed E-state index contributed by atoms with van der Waals surface area (Å²) in [6, 6.07) is 17.2. The van der Waals surface area contributed by atoms with Crippen molar-refractivity contribution in [2.24, 2.45) is 0 Å². The van der Waals surface area contributed by atoms with E-state index in [0.717, 1.165) is 0 Å². The number of hydrogen-bond donors (Lipinski definition) is 0. The molecule has 0 aliphatic carbocycles. The van der Waals surface area contributed by atoms with Gasteiger partial charge in [-0.15, -0.1) is 0 Å². The summed E-state index contributed by atoms with van der Waals surface area (Å²) >= 11 is 24.2. The van der Waals surface area contributed by atoms with Crippen molar-refractivity contribution in [3.63, 3.8) is 0 Å². The van der Waals surface area contributed by atoms with Crippen molar-refractivity contribution in [3.8, 4) is 11.8 Å². The molecule has 31 heavy (non-hydrogen) atoms. The molecule has 0 N–H and O–H groups in total. The fraction of sp³-hybridized carbons (Fsp3) is 0.0455. The van der Waals surface area contributed by atoms with Crippen molar-refractivity contribution in [2.45, 2.75) is 11.5 Å². The van der Waals surface area contributed by atoms with Crippen molar-refractivity contribution in [2.75, 3.05) is 0 Å². The number of halogens is 4. The summed E-state index contributed by atoms with van der Waals surface area (Å²) in [5, 5.41) is 10.9. The predicted molar refractivity (Wildman–Crippen MR) is 124 cm³/mol. The van der Waals surface area contributed by atoms with Crippen LogP contribution >= 0.6 is 46.4 Å². The minimum absolute atomic E-state index is 0.0256. The third-order valence-electron chi connectivity index (χ3n) is 4.20. The van der Waals surface area contributed by atoms with E-state index in [1.807, 2.05) is 0 Å². The number of hydrogen-bond acceptors (Lipinski definition) is 4. The summed E-state index contributed by atoms with van der Waals surface area (Å²) in [6.07, 6.45) is 1.27. The summed E-state index contributed by atoms with van der Waals surface area (Å²) in [7, 11) is -4.00. The summed E-state index contributed by atoms with van der Waals surface area (Å²) in [5.74, 6) is 0.432. The molecular formula is C22H13Cl4NO3S. The second kappa shape index (κ2) is 9.95. The summed E-state index contributed by atoms with van der Waals surface area (Å²) < 4.78 is 31.3. The molecule has 158 valence electrons. The van der Waals surface area contributed by atoms with Gasteiger partial charge in [-0.3, -0.25) is 0 Å². The minimum atomic E-state index is -4.00. The molecule has 0 amide bonds. The molecular weight excluding hydrogens is 500 g/mol. The zero-order valence-corrected chi connectivity index (χ0v) is 19.5. The molecule has 0 saturated carbocycles. The fourth-order valence-corrected chi connectivity index (χ4v) is 4.56. The molecule has 3 aromatic rings. The van der Waals surface area contributed by atoms with E-state index in [9.17, 15) is 13.7 Å². The van der Waals surface area contributed by atoms with E-state index >= 15 is 0 Å². The Kier molecular flexibility index (Phi) is 7.53. The Morgan fingerprint density at radius 3 is 2.32 bits per heavy atom. The molecule has 0 aliphatic rings. The monoisotopic (exact) mass is 511 g/mol. The normalized spacial score (nSPS) is 11.8. The van der Waals surface area contributed by atoms with Crippen LogP contribution in [0.5, 0.6) is 5.75 Å². The average molecular weight is 513 g/mol. The second-order valence-corrected chi connectivity index (χ2v) is 9.81. The van der Waals surface area contributed by atoms with Crippen LogP contribution in [0.15, 0.2) is 70.5 Å². The first-order chi connectivity index (χ1) is 14.7. The Balaban J connectivity index is 1.87. The SMILES string of the molecule is N#CC(=Cc1cccc(OCc2c(Cl)ccc(Cl)c2Cl)c1)S(=O)(=O)c1ccc(Cl)cc1. The van der Waals surface area contributed by atoms with Crippen LogP contribution in [0.2, 0.25) is 20.1 Å². The third-order valence-corrected chi connectivity index (χ3v) is 7.33. The van der Waals surface area contributed by atoms with Gasteiger partial charge >= 0.3 is 0 Å². The molecule has 0 spiro atoms. The maximum atomic E-state index is 12.8. The lowest BCUT2D eigenvalue weighted by Gasteiger charge is -2.11. The first kappa shape index (κ1) is 23.5. The number of allylic oxidation sites excluding steroid dienone is 1. The van der Waals surface area contributed by atoms with E-state index in [4.69, 9.17) is 51.1 Å². The Labute approximate surface area is 200 Å². The minimum Gasteiger partial charge on any atom is -0.489 e. The number of nitrogens with zero attached hydrogens (tertiary/aromatic N) is 1. The molecule has 9 heteroatoms. The van der Waals surface area contributed by atoms with E-state index in [2.05, 4.69) is 0 Å². The van der Waals surface area contributed by atoms with Crippen LogP contribution in [-0.4, -0.2) is 8.42 Å². The predicted octanol–water partition coefficient (Wildman–Crippen LogP) is 7.22. The van der Waals surface area contributed by atoms with Gasteiger partial charge in [-0.2, -0.15) is 5.26 Å². The molecule has 0 radical (unpaired) electrons. The zero-order chi connectivity index (χ0) is 22.6. The molecule has 0 unspecified atom stereocenters. The molecule has 4 nitrogen and oxygen atoms in total. The molecule has 3 aromatic carbocycles. The molecule has 0 aromatic heterocycles. The fourth-order valence-electron chi connectivity index (χ4n) is 2.61. The highest BCUT2D eigenvalue weighted by Crippen LogP contribution is 2.32. The van der Waals surface area contributed by atoms with Gasteiger partial charge in [-0.05, 0) is 60.2 Å². The smallest absolute Gasteiger partial charge is 0.216 e. The van der Waals surface area contributed by atoms with Crippen LogP contribution < -0.4 is 4.74 Å². The van der Waals surface area contributed by atoms with Crippen molar-refractivity contribution in [1.82, 2.24) is 0 Å². The number of nitriles is 1. The molecule has 0 saturated heterocycles. The van der Waals surface area contributed by atoms with Crippen molar-refractivity contribution in [3.05, 3.63) is 96.8 Å².